The van der Waals surface area contributed by atoms with Crippen molar-refractivity contribution in [2.24, 2.45) is 11.0 Å². The Morgan fingerprint density at radius 3 is 2.60 bits per heavy atom. The molecule has 1 saturated carbocycles. The molecule has 1 aliphatic carbocycles. The van der Waals surface area contributed by atoms with Gasteiger partial charge in [-0.25, -0.2) is 5.01 Å². The van der Waals surface area contributed by atoms with E-state index in [1.54, 1.807) is 0 Å². The highest BCUT2D eigenvalue weighted by molar-refractivity contribution is 9.10. The number of fused-ring (bicyclic) bond motifs is 4. The second kappa shape index (κ2) is 7.42. The molecular formula is C26H25BrN2O. The SMILES string of the molecule is Brc1ccc2c(c1)[C@H]1CC(c3ccc4ccccc4c3)=NN1[C@H](C1CCCCC1)O2. The highest BCUT2D eigenvalue weighted by atomic mass is 79.9. The maximum absolute atomic E-state index is 6.59. The van der Waals surface area contributed by atoms with Gasteiger partial charge in [0, 0.05) is 22.4 Å². The van der Waals surface area contributed by atoms with E-state index in [-0.39, 0.29) is 12.3 Å². The van der Waals surface area contributed by atoms with Crippen LogP contribution in [-0.4, -0.2) is 16.9 Å². The summed E-state index contributed by atoms with van der Waals surface area (Å²) in [4.78, 5) is 0. The quantitative estimate of drug-likeness (QED) is 0.409. The van der Waals surface area contributed by atoms with Crippen LogP contribution in [0.4, 0.5) is 0 Å². The minimum atomic E-state index is 0.0435. The summed E-state index contributed by atoms with van der Waals surface area (Å²) in [5.74, 6) is 1.59. The van der Waals surface area contributed by atoms with E-state index in [0.717, 1.165) is 16.6 Å². The number of ether oxygens (including phenoxy) is 1. The summed E-state index contributed by atoms with van der Waals surface area (Å²) in [5.41, 5.74) is 3.64. The van der Waals surface area contributed by atoms with Crippen molar-refractivity contribution in [2.75, 3.05) is 0 Å². The van der Waals surface area contributed by atoms with Crippen molar-refractivity contribution >= 4 is 32.4 Å². The van der Waals surface area contributed by atoms with Crippen molar-refractivity contribution in [1.82, 2.24) is 5.01 Å². The molecule has 0 unspecified atom stereocenters. The molecule has 2 aliphatic heterocycles. The van der Waals surface area contributed by atoms with Crippen LogP contribution in [0.5, 0.6) is 5.75 Å². The van der Waals surface area contributed by atoms with E-state index in [2.05, 4.69) is 81.6 Å². The number of rotatable bonds is 2. The van der Waals surface area contributed by atoms with E-state index >= 15 is 0 Å². The van der Waals surface area contributed by atoms with Crippen molar-refractivity contribution in [3.63, 3.8) is 0 Å². The Bertz CT molecular complexity index is 1130. The van der Waals surface area contributed by atoms with Crippen LogP contribution in [0, 0.1) is 5.92 Å². The van der Waals surface area contributed by atoms with E-state index in [9.17, 15) is 0 Å². The van der Waals surface area contributed by atoms with Gasteiger partial charge in [-0.2, -0.15) is 5.10 Å². The van der Waals surface area contributed by atoms with Crippen molar-refractivity contribution in [2.45, 2.75) is 50.8 Å². The molecule has 1 fully saturated rings. The molecule has 0 bridgehead atoms. The first-order valence-corrected chi connectivity index (χ1v) is 11.9. The first kappa shape index (κ1) is 18.4. The van der Waals surface area contributed by atoms with Gasteiger partial charge in [-0.15, -0.1) is 0 Å². The number of hydrogen-bond acceptors (Lipinski definition) is 3. The molecule has 0 saturated heterocycles. The normalized spacial score (nSPS) is 23.6. The van der Waals surface area contributed by atoms with Crippen molar-refractivity contribution in [3.05, 3.63) is 76.3 Å². The van der Waals surface area contributed by atoms with Crippen LogP contribution in [0.15, 0.2) is 70.2 Å². The van der Waals surface area contributed by atoms with E-state index in [4.69, 9.17) is 9.84 Å². The molecule has 3 aromatic rings. The van der Waals surface area contributed by atoms with Crippen LogP contribution in [-0.2, 0) is 0 Å². The van der Waals surface area contributed by atoms with Gasteiger partial charge in [-0.05, 0) is 53.4 Å². The topological polar surface area (TPSA) is 24.8 Å². The Kier molecular flexibility index (Phi) is 4.56. The van der Waals surface area contributed by atoms with Gasteiger partial charge in [0.2, 0.25) is 0 Å². The molecule has 3 aromatic carbocycles. The number of benzene rings is 3. The third-order valence-corrected chi connectivity index (χ3v) is 7.41. The number of hydrogen-bond donors (Lipinski definition) is 0. The number of hydrazone groups is 1. The Balaban J connectivity index is 1.41. The summed E-state index contributed by atoms with van der Waals surface area (Å²) in [6, 6.07) is 21.9. The molecule has 152 valence electrons. The fourth-order valence-electron chi connectivity index (χ4n) is 5.36. The lowest BCUT2D eigenvalue weighted by Gasteiger charge is -2.42. The molecule has 0 spiro atoms. The second-order valence-corrected chi connectivity index (χ2v) is 9.71. The molecule has 30 heavy (non-hydrogen) atoms. The van der Waals surface area contributed by atoms with Crippen LogP contribution in [0.1, 0.15) is 55.7 Å². The Morgan fingerprint density at radius 2 is 1.73 bits per heavy atom. The molecule has 0 aromatic heterocycles. The van der Waals surface area contributed by atoms with Crippen molar-refractivity contribution < 1.29 is 4.74 Å². The third-order valence-electron chi connectivity index (χ3n) is 6.92. The molecule has 6 rings (SSSR count). The van der Waals surface area contributed by atoms with Crippen LogP contribution in [0.2, 0.25) is 0 Å². The zero-order valence-corrected chi connectivity index (χ0v) is 18.5. The van der Waals surface area contributed by atoms with E-state index in [1.807, 2.05) is 0 Å². The van der Waals surface area contributed by atoms with E-state index in [1.165, 1.54) is 59.7 Å². The maximum atomic E-state index is 6.59. The predicted octanol–water partition coefficient (Wildman–Crippen LogP) is 7.05. The first-order chi connectivity index (χ1) is 14.8. The van der Waals surface area contributed by atoms with Gasteiger partial charge >= 0.3 is 0 Å². The lowest BCUT2D eigenvalue weighted by molar-refractivity contribution is -0.0644. The van der Waals surface area contributed by atoms with Crippen LogP contribution in [0.25, 0.3) is 10.8 Å². The monoisotopic (exact) mass is 460 g/mol. The third kappa shape index (κ3) is 3.13. The fraction of sp³-hybridized carbons (Fsp3) is 0.346. The standard InChI is InChI=1S/C26H25BrN2O/c27-21-12-13-25-22(15-21)24-16-23(20-11-10-17-6-4-5-9-19(17)14-20)28-29(24)26(30-25)18-7-2-1-3-8-18/h4-6,9-15,18,24,26H,1-3,7-8,16H2/t24-,26+/m1/s1. The van der Waals surface area contributed by atoms with Gasteiger partial charge in [-0.3, -0.25) is 0 Å². The lowest BCUT2D eigenvalue weighted by atomic mass is 9.86. The molecule has 0 amide bonds. The van der Waals surface area contributed by atoms with Crippen LogP contribution in [0.3, 0.4) is 0 Å². The molecular weight excluding hydrogens is 436 g/mol. The minimum absolute atomic E-state index is 0.0435. The average Bonchev–Trinajstić information content (AvgIpc) is 3.25. The van der Waals surface area contributed by atoms with Crippen LogP contribution >= 0.6 is 15.9 Å². The second-order valence-electron chi connectivity index (χ2n) is 8.80. The Labute approximate surface area is 185 Å². The highest BCUT2D eigenvalue weighted by Crippen LogP contribution is 2.47. The zero-order chi connectivity index (χ0) is 20.1. The van der Waals surface area contributed by atoms with Gasteiger partial charge in [-0.1, -0.05) is 71.6 Å². The summed E-state index contributed by atoms with van der Waals surface area (Å²) in [6.45, 7) is 0. The highest BCUT2D eigenvalue weighted by Gasteiger charge is 2.43. The first-order valence-electron chi connectivity index (χ1n) is 11.1. The summed E-state index contributed by atoms with van der Waals surface area (Å²) in [7, 11) is 0. The molecule has 2 heterocycles. The summed E-state index contributed by atoms with van der Waals surface area (Å²) in [6.07, 6.45) is 7.40. The summed E-state index contributed by atoms with van der Waals surface area (Å²) >= 11 is 3.65. The summed E-state index contributed by atoms with van der Waals surface area (Å²) in [5, 5.41) is 10.0. The number of nitrogens with zero attached hydrogens (tertiary/aromatic N) is 2. The Hall–Kier alpha value is -2.33. The van der Waals surface area contributed by atoms with Crippen molar-refractivity contribution in [1.29, 1.82) is 0 Å². The van der Waals surface area contributed by atoms with Gasteiger partial charge in [0.25, 0.3) is 0 Å². The van der Waals surface area contributed by atoms with E-state index < -0.39 is 0 Å². The van der Waals surface area contributed by atoms with Gasteiger partial charge in [0.15, 0.2) is 6.23 Å². The smallest absolute Gasteiger partial charge is 0.190 e. The molecule has 0 N–H and O–H groups in total. The zero-order valence-electron chi connectivity index (χ0n) is 16.9. The van der Waals surface area contributed by atoms with Crippen LogP contribution < -0.4 is 4.74 Å². The molecule has 2 atom stereocenters. The fourth-order valence-corrected chi connectivity index (χ4v) is 5.74. The molecule has 0 radical (unpaired) electrons. The number of halogens is 1. The minimum Gasteiger partial charge on any atom is -0.468 e. The van der Waals surface area contributed by atoms with Crippen molar-refractivity contribution in [3.8, 4) is 5.75 Å². The van der Waals surface area contributed by atoms with Gasteiger partial charge in [0.05, 0.1) is 11.8 Å². The average molecular weight is 461 g/mol. The van der Waals surface area contributed by atoms with E-state index in [0.29, 0.717) is 5.92 Å². The molecule has 3 nitrogen and oxygen atoms in total. The maximum Gasteiger partial charge on any atom is 0.190 e. The lowest BCUT2D eigenvalue weighted by Crippen LogP contribution is -2.45. The van der Waals surface area contributed by atoms with Gasteiger partial charge in [0.1, 0.15) is 5.75 Å². The Morgan fingerprint density at radius 1 is 0.900 bits per heavy atom. The predicted molar refractivity (Wildman–Crippen MR) is 125 cm³/mol. The summed E-state index contributed by atoms with van der Waals surface area (Å²) < 4.78 is 7.69. The molecule has 3 aliphatic rings. The largest absolute Gasteiger partial charge is 0.468 e. The molecule has 4 heteroatoms. The van der Waals surface area contributed by atoms with Gasteiger partial charge < -0.3 is 4.74 Å².